The summed E-state index contributed by atoms with van der Waals surface area (Å²) in [5.74, 6) is 0.810. The van der Waals surface area contributed by atoms with Crippen molar-refractivity contribution in [3.05, 3.63) is 65.4 Å². The summed E-state index contributed by atoms with van der Waals surface area (Å²) in [4.78, 5) is 17.7. The Bertz CT molecular complexity index is 1230. The molecule has 1 amide bonds. The highest BCUT2D eigenvalue weighted by Crippen LogP contribution is 2.31. The third-order valence-electron chi connectivity index (χ3n) is 4.85. The molecule has 0 spiro atoms. The zero-order valence-electron chi connectivity index (χ0n) is 17.1. The fourth-order valence-corrected chi connectivity index (χ4v) is 3.26. The molecule has 7 heteroatoms. The Morgan fingerprint density at radius 2 is 1.70 bits per heavy atom. The lowest BCUT2D eigenvalue weighted by Crippen LogP contribution is -2.13. The molecule has 0 aliphatic heterocycles. The van der Waals surface area contributed by atoms with Gasteiger partial charge in [-0.1, -0.05) is 35.0 Å². The molecule has 4 aromatic rings. The maximum absolute atomic E-state index is 13.2. The van der Waals surface area contributed by atoms with Crippen molar-refractivity contribution in [3.63, 3.8) is 0 Å². The van der Waals surface area contributed by atoms with Crippen LogP contribution in [0.15, 0.2) is 53.1 Å². The molecule has 30 heavy (non-hydrogen) atoms. The Morgan fingerprint density at radius 3 is 2.40 bits per heavy atom. The molecule has 2 aromatic carbocycles. The number of nitrogens with one attached hydrogen (secondary N) is 1. The predicted molar refractivity (Wildman–Crippen MR) is 114 cm³/mol. The van der Waals surface area contributed by atoms with Gasteiger partial charge in [0.2, 0.25) is 0 Å². The average molecular weight is 403 g/mol. The van der Waals surface area contributed by atoms with Crippen LogP contribution in [0, 0.1) is 13.8 Å². The second-order valence-electron chi connectivity index (χ2n) is 6.89. The highest BCUT2D eigenvalue weighted by molar-refractivity contribution is 6.13. The first-order valence-electron chi connectivity index (χ1n) is 9.37. The van der Waals surface area contributed by atoms with Crippen LogP contribution in [0.1, 0.15) is 21.6 Å². The minimum absolute atomic E-state index is 0.297. The van der Waals surface area contributed by atoms with Gasteiger partial charge in [-0.2, -0.15) is 0 Å². The molecule has 1 N–H and O–H groups in total. The molecule has 0 saturated heterocycles. The molecule has 0 atom stereocenters. The lowest BCUT2D eigenvalue weighted by Gasteiger charge is -2.11. The summed E-state index contributed by atoms with van der Waals surface area (Å²) in [7, 11) is 3.11. The molecule has 4 rings (SSSR count). The summed E-state index contributed by atoms with van der Waals surface area (Å²) in [5, 5.41) is 7.49. The number of carbonyl (C=O) groups excluding carboxylic acids is 1. The molecule has 0 fully saturated rings. The number of anilines is 1. The summed E-state index contributed by atoms with van der Waals surface area (Å²) in [6, 6.07) is 14.9. The van der Waals surface area contributed by atoms with Gasteiger partial charge in [0.1, 0.15) is 0 Å². The number of rotatable bonds is 5. The van der Waals surface area contributed by atoms with Crippen LogP contribution >= 0.6 is 0 Å². The lowest BCUT2D eigenvalue weighted by atomic mass is 10.0. The van der Waals surface area contributed by atoms with Crippen molar-refractivity contribution >= 4 is 22.7 Å². The first-order chi connectivity index (χ1) is 14.5. The van der Waals surface area contributed by atoms with E-state index in [1.165, 1.54) is 0 Å². The van der Waals surface area contributed by atoms with E-state index >= 15 is 0 Å². The Labute approximate surface area is 173 Å². The highest BCUT2D eigenvalue weighted by atomic mass is 16.5. The van der Waals surface area contributed by atoms with E-state index in [2.05, 4.69) is 15.5 Å². The fraction of sp³-hybridized carbons (Fsp3) is 0.174. The first-order valence-corrected chi connectivity index (χ1v) is 9.37. The van der Waals surface area contributed by atoms with Crippen LogP contribution in [0.5, 0.6) is 11.5 Å². The standard InChI is InChI=1S/C23H21N3O4/c1-13-5-7-15(8-6-13)18-12-17(21-14(2)26-30-23(21)25-18)22(27)24-16-9-10-19(28-3)20(11-16)29-4/h5-12H,1-4H3,(H,24,27). The lowest BCUT2D eigenvalue weighted by molar-refractivity contribution is 0.102. The normalized spacial score (nSPS) is 10.8. The number of aryl methyl sites for hydroxylation is 2. The second kappa shape index (κ2) is 7.87. The van der Waals surface area contributed by atoms with Crippen molar-refractivity contribution in [2.75, 3.05) is 19.5 Å². The van der Waals surface area contributed by atoms with E-state index in [1.54, 1.807) is 45.4 Å². The molecule has 0 radical (unpaired) electrons. The summed E-state index contributed by atoms with van der Waals surface area (Å²) in [5.41, 5.74) is 4.60. The number of pyridine rings is 1. The number of hydrogen-bond donors (Lipinski definition) is 1. The Hall–Kier alpha value is -3.87. The molecule has 7 nitrogen and oxygen atoms in total. The molecular weight excluding hydrogens is 382 g/mol. The van der Waals surface area contributed by atoms with Crippen molar-refractivity contribution in [2.24, 2.45) is 0 Å². The Balaban J connectivity index is 1.76. The van der Waals surface area contributed by atoms with Gasteiger partial charge >= 0.3 is 0 Å². The predicted octanol–water partition coefficient (Wildman–Crippen LogP) is 4.78. The van der Waals surface area contributed by atoms with Gasteiger partial charge in [-0.3, -0.25) is 4.79 Å². The number of methoxy groups -OCH3 is 2. The number of hydrogen-bond acceptors (Lipinski definition) is 6. The number of benzene rings is 2. The minimum atomic E-state index is -0.297. The maximum Gasteiger partial charge on any atom is 0.259 e. The van der Waals surface area contributed by atoms with Gasteiger partial charge in [0.05, 0.1) is 36.6 Å². The van der Waals surface area contributed by atoms with Crippen LogP contribution in [-0.4, -0.2) is 30.3 Å². The zero-order chi connectivity index (χ0) is 21.3. The number of ether oxygens (including phenoxy) is 2. The van der Waals surface area contributed by atoms with E-state index in [1.807, 2.05) is 31.2 Å². The highest BCUT2D eigenvalue weighted by Gasteiger charge is 2.20. The maximum atomic E-state index is 13.2. The molecular formula is C23H21N3O4. The second-order valence-corrected chi connectivity index (χ2v) is 6.89. The number of carbonyl (C=O) groups is 1. The zero-order valence-corrected chi connectivity index (χ0v) is 17.1. The first kappa shape index (κ1) is 19.4. The largest absolute Gasteiger partial charge is 0.493 e. The number of nitrogens with zero attached hydrogens (tertiary/aromatic N) is 2. The Morgan fingerprint density at radius 1 is 0.967 bits per heavy atom. The van der Waals surface area contributed by atoms with Crippen molar-refractivity contribution < 1.29 is 18.8 Å². The summed E-state index contributed by atoms with van der Waals surface area (Å²) in [6.45, 7) is 3.80. The van der Waals surface area contributed by atoms with Gasteiger partial charge < -0.3 is 19.3 Å². The molecule has 0 saturated carbocycles. The van der Waals surface area contributed by atoms with Gasteiger partial charge in [-0.25, -0.2) is 4.98 Å². The van der Waals surface area contributed by atoms with Crippen molar-refractivity contribution in [1.29, 1.82) is 0 Å². The van der Waals surface area contributed by atoms with Gasteiger partial charge in [-0.15, -0.1) is 0 Å². The third-order valence-corrected chi connectivity index (χ3v) is 4.85. The SMILES string of the molecule is COc1ccc(NC(=O)c2cc(-c3ccc(C)cc3)nc3onc(C)c23)cc1OC. The van der Waals surface area contributed by atoms with E-state index in [0.29, 0.717) is 45.2 Å². The molecule has 0 unspecified atom stereocenters. The summed E-state index contributed by atoms with van der Waals surface area (Å²) in [6.07, 6.45) is 0. The molecule has 2 heterocycles. The van der Waals surface area contributed by atoms with Crippen molar-refractivity contribution in [1.82, 2.24) is 10.1 Å². The molecule has 2 aromatic heterocycles. The number of amides is 1. The minimum Gasteiger partial charge on any atom is -0.493 e. The topological polar surface area (TPSA) is 86.5 Å². The fourth-order valence-electron chi connectivity index (χ4n) is 3.26. The van der Waals surface area contributed by atoms with Gasteiger partial charge in [-0.05, 0) is 32.0 Å². The van der Waals surface area contributed by atoms with Crippen molar-refractivity contribution in [3.8, 4) is 22.8 Å². The van der Waals surface area contributed by atoms with Crippen LogP contribution in [0.25, 0.3) is 22.4 Å². The van der Waals surface area contributed by atoms with E-state index < -0.39 is 0 Å². The van der Waals surface area contributed by atoms with Crippen LogP contribution in [0.3, 0.4) is 0 Å². The Kier molecular flexibility index (Phi) is 5.10. The van der Waals surface area contributed by atoms with Crippen LogP contribution in [0.4, 0.5) is 5.69 Å². The van der Waals surface area contributed by atoms with E-state index in [9.17, 15) is 4.79 Å². The van der Waals surface area contributed by atoms with Gasteiger partial charge in [0, 0.05) is 17.3 Å². The monoisotopic (exact) mass is 403 g/mol. The van der Waals surface area contributed by atoms with Gasteiger partial charge in [0.25, 0.3) is 11.6 Å². The average Bonchev–Trinajstić information content (AvgIpc) is 3.14. The summed E-state index contributed by atoms with van der Waals surface area (Å²) >= 11 is 0. The number of fused-ring (bicyclic) bond motifs is 1. The summed E-state index contributed by atoms with van der Waals surface area (Å²) < 4.78 is 15.9. The third kappa shape index (κ3) is 3.57. The van der Waals surface area contributed by atoms with Gasteiger partial charge in [0.15, 0.2) is 11.5 Å². The quantitative estimate of drug-likeness (QED) is 0.516. The van der Waals surface area contributed by atoms with E-state index in [0.717, 1.165) is 11.1 Å². The molecule has 0 bridgehead atoms. The van der Waals surface area contributed by atoms with Crippen LogP contribution in [0.2, 0.25) is 0 Å². The number of aromatic nitrogens is 2. The van der Waals surface area contributed by atoms with Crippen LogP contribution < -0.4 is 14.8 Å². The van der Waals surface area contributed by atoms with Crippen molar-refractivity contribution in [2.45, 2.75) is 13.8 Å². The molecule has 0 aliphatic carbocycles. The van der Waals surface area contributed by atoms with E-state index in [-0.39, 0.29) is 5.91 Å². The molecule has 152 valence electrons. The van der Waals surface area contributed by atoms with E-state index in [4.69, 9.17) is 14.0 Å². The smallest absolute Gasteiger partial charge is 0.259 e. The van der Waals surface area contributed by atoms with Crippen LogP contribution in [-0.2, 0) is 0 Å². The molecule has 0 aliphatic rings.